The van der Waals surface area contributed by atoms with Gasteiger partial charge >= 0.3 is 0 Å². The summed E-state index contributed by atoms with van der Waals surface area (Å²) in [6.07, 6.45) is 0. The maximum atomic E-state index is 11.4. The van der Waals surface area contributed by atoms with E-state index in [4.69, 9.17) is 9.47 Å². The Labute approximate surface area is 202 Å². The molecule has 0 saturated carbocycles. The van der Waals surface area contributed by atoms with Crippen LogP contribution in [-0.4, -0.2) is 19.9 Å². The SMILES string of the molecule is Cc1cc(COc2ccccc2)n(O)c(=O)c1.Cc1cccc(OCc2cc(C)cc(=O)n2O)c1. The van der Waals surface area contributed by atoms with Crippen LogP contribution in [0.2, 0.25) is 0 Å². The van der Waals surface area contributed by atoms with E-state index in [0.717, 1.165) is 16.7 Å². The Bertz CT molecular complexity index is 1390. The van der Waals surface area contributed by atoms with Crippen molar-refractivity contribution in [2.75, 3.05) is 0 Å². The van der Waals surface area contributed by atoms with Crippen molar-refractivity contribution in [2.45, 2.75) is 34.0 Å². The summed E-state index contributed by atoms with van der Waals surface area (Å²) < 4.78 is 12.2. The van der Waals surface area contributed by atoms with Gasteiger partial charge in [0.05, 0.1) is 11.4 Å². The first-order valence-electron chi connectivity index (χ1n) is 10.9. The van der Waals surface area contributed by atoms with Crippen LogP contribution in [0.3, 0.4) is 0 Å². The van der Waals surface area contributed by atoms with Gasteiger partial charge in [0, 0.05) is 12.1 Å². The van der Waals surface area contributed by atoms with Gasteiger partial charge in [-0.15, -0.1) is 9.46 Å². The highest BCUT2D eigenvalue weighted by Crippen LogP contribution is 2.14. The minimum absolute atomic E-state index is 0.150. The number of benzene rings is 2. The molecule has 0 fully saturated rings. The number of aromatic nitrogens is 2. The van der Waals surface area contributed by atoms with Gasteiger partial charge in [-0.25, -0.2) is 0 Å². The Hall–Kier alpha value is -4.46. The highest BCUT2D eigenvalue weighted by Gasteiger charge is 2.06. The number of pyridine rings is 2. The number of rotatable bonds is 6. The second-order valence-electron chi connectivity index (χ2n) is 8.06. The molecule has 0 aliphatic carbocycles. The highest BCUT2D eigenvalue weighted by molar-refractivity contribution is 5.28. The Morgan fingerprint density at radius 1 is 0.600 bits per heavy atom. The molecule has 2 aromatic heterocycles. The second kappa shape index (κ2) is 11.6. The molecule has 0 amide bonds. The Balaban J connectivity index is 0.000000196. The zero-order chi connectivity index (χ0) is 25.4. The highest BCUT2D eigenvalue weighted by atomic mass is 16.5. The predicted octanol–water partition coefficient (Wildman–Crippen LogP) is 4.25. The Morgan fingerprint density at radius 3 is 1.60 bits per heavy atom. The number of hydrogen-bond donors (Lipinski definition) is 2. The Kier molecular flexibility index (Phi) is 8.34. The van der Waals surface area contributed by atoms with Crippen molar-refractivity contribution >= 4 is 0 Å². The van der Waals surface area contributed by atoms with Crippen molar-refractivity contribution in [3.63, 3.8) is 0 Å². The van der Waals surface area contributed by atoms with E-state index in [1.165, 1.54) is 12.1 Å². The van der Waals surface area contributed by atoms with Gasteiger partial charge in [0.15, 0.2) is 0 Å². The first kappa shape index (κ1) is 25.2. The quantitative estimate of drug-likeness (QED) is 0.403. The number of aryl methyl sites for hydroxylation is 3. The van der Waals surface area contributed by atoms with Crippen LogP contribution >= 0.6 is 0 Å². The summed E-state index contributed by atoms with van der Waals surface area (Å²) in [4.78, 5) is 22.7. The van der Waals surface area contributed by atoms with Crippen LogP contribution in [0.1, 0.15) is 28.1 Å². The molecule has 8 heteroatoms. The molecule has 0 radical (unpaired) electrons. The van der Waals surface area contributed by atoms with Gasteiger partial charge in [-0.1, -0.05) is 30.3 Å². The van der Waals surface area contributed by atoms with Crippen molar-refractivity contribution in [1.82, 2.24) is 9.46 Å². The van der Waals surface area contributed by atoms with E-state index in [1.54, 1.807) is 26.0 Å². The van der Waals surface area contributed by atoms with Crippen molar-refractivity contribution in [1.29, 1.82) is 0 Å². The maximum absolute atomic E-state index is 11.4. The van der Waals surface area contributed by atoms with Crippen LogP contribution in [0, 0.1) is 20.8 Å². The minimum atomic E-state index is -0.448. The predicted molar refractivity (Wildman–Crippen MR) is 132 cm³/mol. The minimum Gasteiger partial charge on any atom is -0.487 e. The zero-order valence-corrected chi connectivity index (χ0v) is 19.8. The molecule has 8 nitrogen and oxygen atoms in total. The number of hydrogen-bond acceptors (Lipinski definition) is 6. The average molecular weight is 477 g/mol. The van der Waals surface area contributed by atoms with E-state index in [-0.39, 0.29) is 13.2 Å². The molecule has 2 aromatic carbocycles. The lowest BCUT2D eigenvalue weighted by Gasteiger charge is -2.09. The van der Waals surface area contributed by atoms with Crippen molar-refractivity contribution in [3.8, 4) is 11.5 Å². The lowest BCUT2D eigenvalue weighted by Crippen LogP contribution is -2.21. The third kappa shape index (κ3) is 7.26. The van der Waals surface area contributed by atoms with E-state index in [1.807, 2.05) is 61.5 Å². The summed E-state index contributed by atoms with van der Waals surface area (Å²) in [5, 5.41) is 19.1. The lowest BCUT2D eigenvalue weighted by atomic mass is 10.2. The van der Waals surface area contributed by atoms with Gasteiger partial charge in [-0.2, -0.15) is 0 Å². The molecule has 0 unspecified atom stereocenters. The van der Waals surface area contributed by atoms with Gasteiger partial charge in [-0.3, -0.25) is 9.59 Å². The number of nitrogens with zero attached hydrogens (tertiary/aromatic N) is 2. The molecule has 4 aromatic rings. The fourth-order valence-electron chi connectivity index (χ4n) is 3.27. The van der Waals surface area contributed by atoms with E-state index >= 15 is 0 Å². The van der Waals surface area contributed by atoms with Crippen LogP contribution in [-0.2, 0) is 13.2 Å². The third-order valence-electron chi connectivity index (χ3n) is 4.96. The van der Waals surface area contributed by atoms with Crippen LogP contribution in [0.25, 0.3) is 0 Å². The topological polar surface area (TPSA) is 103 Å². The normalized spacial score (nSPS) is 10.3. The van der Waals surface area contributed by atoms with E-state index in [0.29, 0.717) is 32.3 Å². The number of ether oxygens (including phenoxy) is 2. The van der Waals surface area contributed by atoms with E-state index < -0.39 is 11.1 Å². The molecule has 35 heavy (non-hydrogen) atoms. The monoisotopic (exact) mass is 476 g/mol. The largest absolute Gasteiger partial charge is 0.487 e. The molecule has 0 saturated heterocycles. The Morgan fingerprint density at radius 2 is 1.09 bits per heavy atom. The van der Waals surface area contributed by atoms with Gasteiger partial charge < -0.3 is 19.9 Å². The molecule has 0 bridgehead atoms. The molecule has 0 atom stereocenters. The second-order valence-corrected chi connectivity index (χ2v) is 8.06. The molecule has 0 aliphatic rings. The average Bonchev–Trinajstić information content (AvgIpc) is 2.83. The molecule has 2 N–H and O–H groups in total. The van der Waals surface area contributed by atoms with Gasteiger partial charge in [0.1, 0.15) is 24.7 Å². The van der Waals surface area contributed by atoms with Crippen molar-refractivity contribution < 1.29 is 19.9 Å². The summed E-state index contributed by atoms with van der Waals surface area (Å²) in [6, 6.07) is 23.0. The summed E-state index contributed by atoms with van der Waals surface area (Å²) in [5.41, 5.74) is 2.66. The molecule has 0 aliphatic heterocycles. The fourth-order valence-corrected chi connectivity index (χ4v) is 3.27. The first-order chi connectivity index (χ1) is 16.7. The van der Waals surface area contributed by atoms with E-state index in [9.17, 15) is 20.0 Å². The summed E-state index contributed by atoms with van der Waals surface area (Å²) in [6.45, 7) is 5.88. The van der Waals surface area contributed by atoms with Crippen LogP contribution in [0.5, 0.6) is 11.5 Å². The van der Waals surface area contributed by atoms with Gasteiger partial charge in [0.2, 0.25) is 0 Å². The van der Waals surface area contributed by atoms with Crippen molar-refractivity contribution in [2.24, 2.45) is 0 Å². The van der Waals surface area contributed by atoms with Gasteiger partial charge in [0.25, 0.3) is 11.1 Å². The third-order valence-corrected chi connectivity index (χ3v) is 4.96. The van der Waals surface area contributed by atoms with Crippen LogP contribution in [0.15, 0.2) is 88.5 Å². The summed E-state index contributed by atoms with van der Waals surface area (Å²) in [7, 11) is 0. The summed E-state index contributed by atoms with van der Waals surface area (Å²) in [5.74, 6) is 1.41. The molecule has 182 valence electrons. The molecule has 2 heterocycles. The first-order valence-corrected chi connectivity index (χ1v) is 10.9. The molecule has 0 spiro atoms. The fraction of sp³-hybridized carbons (Fsp3) is 0.185. The standard InChI is InChI=1S/C14H15NO3.C13H13NO3/c1-10-4-3-5-13(7-10)18-9-12-6-11(2)8-14(16)15(12)17;1-10-7-11(14(16)13(15)8-10)9-17-12-5-3-2-4-6-12/h3-8,17H,9H2,1-2H3;2-8,16H,9H2,1H3. The van der Waals surface area contributed by atoms with Gasteiger partial charge in [-0.05, 0) is 73.9 Å². The van der Waals surface area contributed by atoms with Crippen LogP contribution in [0.4, 0.5) is 0 Å². The molecular weight excluding hydrogens is 448 g/mol. The molecule has 4 rings (SSSR count). The molecular formula is C27H28N2O6. The summed E-state index contributed by atoms with van der Waals surface area (Å²) >= 11 is 0. The zero-order valence-electron chi connectivity index (χ0n) is 19.8. The number of para-hydroxylation sites is 1. The lowest BCUT2D eigenvalue weighted by molar-refractivity contribution is 0.147. The van der Waals surface area contributed by atoms with Crippen LogP contribution < -0.4 is 20.6 Å². The smallest absolute Gasteiger partial charge is 0.283 e. The van der Waals surface area contributed by atoms with E-state index in [2.05, 4.69) is 0 Å². The van der Waals surface area contributed by atoms with Crippen molar-refractivity contribution in [3.05, 3.63) is 128 Å². The maximum Gasteiger partial charge on any atom is 0.283 e.